The lowest BCUT2D eigenvalue weighted by Gasteiger charge is -2.32. The first-order valence-corrected chi connectivity index (χ1v) is 12.7. The van der Waals surface area contributed by atoms with Gasteiger partial charge < -0.3 is 14.6 Å². The molecule has 194 valence electrons. The lowest BCUT2D eigenvalue weighted by molar-refractivity contribution is -0.165. The number of carbonyl (C=O) groups is 4. The van der Waals surface area contributed by atoms with E-state index >= 15 is 0 Å². The summed E-state index contributed by atoms with van der Waals surface area (Å²) in [5.74, 6) is -1.90. The zero-order chi connectivity index (χ0) is 26.6. The van der Waals surface area contributed by atoms with Gasteiger partial charge in [-0.25, -0.2) is 4.79 Å². The van der Waals surface area contributed by atoms with Crippen molar-refractivity contribution in [1.82, 2.24) is 0 Å². The summed E-state index contributed by atoms with van der Waals surface area (Å²) in [5, 5.41) is 9.82. The number of allylic oxidation sites excluding steroid dienone is 4. The molecule has 1 heterocycles. The highest BCUT2D eigenvalue weighted by atomic mass is 16.6. The van der Waals surface area contributed by atoms with E-state index in [0.717, 1.165) is 25.7 Å². The summed E-state index contributed by atoms with van der Waals surface area (Å²) < 4.78 is 11.1. The Morgan fingerprint density at radius 2 is 1.94 bits per heavy atom. The number of Topliss-reactive ketones (excluding diaryl/α,β-unsaturated/α-hetero) is 2. The van der Waals surface area contributed by atoms with E-state index in [1.807, 2.05) is 13.0 Å². The molecule has 0 saturated heterocycles. The summed E-state index contributed by atoms with van der Waals surface area (Å²) >= 11 is 0. The van der Waals surface area contributed by atoms with Crippen LogP contribution < -0.4 is 0 Å². The van der Waals surface area contributed by atoms with Crippen molar-refractivity contribution in [3.8, 4) is 0 Å². The second kappa shape index (κ2) is 11.3. The molecule has 7 heteroatoms. The number of hydrogen-bond donors (Lipinski definition) is 1. The minimum atomic E-state index is -2.00. The summed E-state index contributed by atoms with van der Waals surface area (Å²) in [4.78, 5) is 51.6. The van der Waals surface area contributed by atoms with E-state index in [9.17, 15) is 24.3 Å². The molecule has 0 aromatic heterocycles. The monoisotopic (exact) mass is 496 g/mol. The number of fused-ring (bicyclic) bond motifs is 1. The predicted octanol–water partition coefficient (Wildman–Crippen LogP) is 4.76. The van der Waals surface area contributed by atoms with Crippen LogP contribution >= 0.6 is 0 Å². The Balaban J connectivity index is 1.77. The van der Waals surface area contributed by atoms with E-state index < -0.39 is 29.2 Å². The van der Waals surface area contributed by atoms with Crippen LogP contribution in [0.1, 0.15) is 79.6 Å². The Morgan fingerprint density at radius 1 is 1.22 bits per heavy atom. The Bertz CT molecular complexity index is 1110. The molecule has 0 saturated carbocycles. The van der Waals surface area contributed by atoms with Gasteiger partial charge in [0.2, 0.25) is 17.2 Å². The zero-order valence-corrected chi connectivity index (χ0v) is 21.8. The number of aliphatic hydroxyl groups excluding tert-OH is 1. The number of ether oxygens (including phenoxy) is 2. The number of hydrogen-bond acceptors (Lipinski definition) is 7. The molecule has 0 aromatic rings. The number of unbranched alkanes of at least 4 members (excludes halogenated alkanes) is 3. The van der Waals surface area contributed by atoms with E-state index in [2.05, 4.69) is 6.92 Å². The SMILES string of the molecule is CCCCCCC(C)C=C(C)C(=O)OC1(C)C(=O)C=C2C=C(C3=C(C)CC(O)CC3=O)OC=C2C1=O. The number of esters is 1. The zero-order valence-electron chi connectivity index (χ0n) is 21.8. The van der Waals surface area contributed by atoms with Crippen molar-refractivity contribution in [2.75, 3.05) is 0 Å². The summed E-state index contributed by atoms with van der Waals surface area (Å²) in [6, 6.07) is 0. The van der Waals surface area contributed by atoms with Crippen molar-refractivity contribution < 1.29 is 33.8 Å². The van der Waals surface area contributed by atoms with Gasteiger partial charge in [-0.15, -0.1) is 0 Å². The van der Waals surface area contributed by atoms with Crippen molar-refractivity contribution in [3.63, 3.8) is 0 Å². The highest BCUT2D eigenvalue weighted by Gasteiger charge is 2.49. The summed E-state index contributed by atoms with van der Waals surface area (Å²) in [6.45, 7) is 8.84. The number of aliphatic hydroxyl groups is 1. The van der Waals surface area contributed by atoms with Crippen LogP contribution in [-0.2, 0) is 28.7 Å². The number of carbonyl (C=O) groups excluding carboxylic acids is 4. The molecule has 3 rings (SSSR count). The summed E-state index contributed by atoms with van der Waals surface area (Å²) in [7, 11) is 0. The van der Waals surface area contributed by atoms with E-state index in [1.165, 1.54) is 31.8 Å². The minimum absolute atomic E-state index is 0.0148. The fourth-order valence-electron chi connectivity index (χ4n) is 4.79. The van der Waals surface area contributed by atoms with Gasteiger partial charge >= 0.3 is 5.97 Å². The summed E-state index contributed by atoms with van der Waals surface area (Å²) in [6.07, 6.45) is 10.8. The van der Waals surface area contributed by atoms with Crippen molar-refractivity contribution in [2.24, 2.45) is 5.92 Å². The van der Waals surface area contributed by atoms with Crippen molar-refractivity contribution >= 4 is 23.3 Å². The van der Waals surface area contributed by atoms with Crippen LogP contribution in [0.3, 0.4) is 0 Å². The van der Waals surface area contributed by atoms with Crippen molar-refractivity contribution in [3.05, 3.63) is 58.1 Å². The molecule has 0 radical (unpaired) electrons. The first kappa shape index (κ1) is 27.5. The van der Waals surface area contributed by atoms with Crippen molar-refractivity contribution in [1.29, 1.82) is 0 Å². The lowest BCUT2D eigenvalue weighted by Crippen LogP contribution is -2.50. The standard InChI is InChI=1S/C29H36O7/c1-6-7-8-9-10-17(2)11-19(4)28(34)36-29(5)25(32)14-20-13-24(35-16-22(20)27(29)33)26-18(3)12-21(30)15-23(26)31/h11,13-14,16-17,21,30H,6-10,12,15H2,1-5H3. The minimum Gasteiger partial charge on any atom is -0.463 e. The van der Waals surface area contributed by atoms with E-state index in [-0.39, 0.29) is 29.5 Å². The average molecular weight is 497 g/mol. The van der Waals surface area contributed by atoms with Crippen LogP contribution in [0.25, 0.3) is 0 Å². The predicted molar refractivity (Wildman–Crippen MR) is 134 cm³/mol. The lowest BCUT2D eigenvalue weighted by atomic mass is 9.79. The largest absolute Gasteiger partial charge is 0.463 e. The van der Waals surface area contributed by atoms with Gasteiger partial charge in [-0.3, -0.25) is 14.4 Å². The van der Waals surface area contributed by atoms with Crippen LogP contribution in [-0.4, -0.2) is 40.1 Å². The van der Waals surface area contributed by atoms with Crippen LogP contribution in [0.2, 0.25) is 0 Å². The van der Waals surface area contributed by atoms with Gasteiger partial charge in [-0.1, -0.05) is 51.2 Å². The molecule has 0 amide bonds. The third-order valence-electron chi connectivity index (χ3n) is 6.92. The van der Waals surface area contributed by atoms with Crippen LogP contribution in [0.5, 0.6) is 0 Å². The molecule has 2 aliphatic carbocycles. The smallest absolute Gasteiger partial charge is 0.334 e. The normalized spacial score (nSPS) is 25.5. The van der Waals surface area contributed by atoms with Gasteiger partial charge in [-0.2, -0.15) is 0 Å². The molecular weight excluding hydrogens is 460 g/mol. The third-order valence-corrected chi connectivity index (χ3v) is 6.92. The second-order valence-corrected chi connectivity index (χ2v) is 10.2. The van der Waals surface area contributed by atoms with Crippen LogP contribution in [0.4, 0.5) is 0 Å². The van der Waals surface area contributed by atoms with Crippen LogP contribution in [0.15, 0.2) is 58.1 Å². The first-order valence-electron chi connectivity index (χ1n) is 12.7. The highest BCUT2D eigenvalue weighted by Crippen LogP contribution is 2.37. The maximum atomic E-state index is 13.3. The van der Waals surface area contributed by atoms with E-state index in [0.29, 0.717) is 28.7 Å². The van der Waals surface area contributed by atoms with Gasteiger partial charge in [0, 0.05) is 12.0 Å². The molecule has 1 N–H and O–H groups in total. The molecular formula is C29H36O7. The second-order valence-electron chi connectivity index (χ2n) is 10.2. The molecule has 1 aliphatic heterocycles. The Kier molecular flexibility index (Phi) is 8.67. The molecule has 7 nitrogen and oxygen atoms in total. The Morgan fingerprint density at radius 3 is 2.61 bits per heavy atom. The maximum absolute atomic E-state index is 13.3. The topological polar surface area (TPSA) is 107 Å². The van der Waals surface area contributed by atoms with Crippen molar-refractivity contribution in [2.45, 2.75) is 91.3 Å². The fraction of sp³-hybridized carbons (Fsp3) is 0.517. The van der Waals surface area contributed by atoms with E-state index in [4.69, 9.17) is 9.47 Å². The highest BCUT2D eigenvalue weighted by molar-refractivity contribution is 6.26. The van der Waals surface area contributed by atoms with Gasteiger partial charge in [0.05, 0.1) is 17.3 Å². The molecule has 3 atom stereocenters. The molecule has 0 fully saturated rings. The molecule has 0 aromatic carbocycles. The summed E-state index contributed by atoms with van der Waals surface area (Å²) in [5.41, 5.74) is -0.225. The van der Waals surface area contributed by atoms with E-state index in [1.54, 1.807) is 13.8 Å². The van der Waals surface area contributed by atoms with Gasteiger partial charge in [-0.05, 0) is 57.3 Å². The molecule has 36 heavy (non-hydrogen) atoms. The number of rotatable bonds is 9. The van der Waals surface area contributed by atoms with Gasteiger partial charge in [0.1, 0.15) is 12.0 Å². The molecule has 0 spiro atoms. The number of ketones is 3. The fourth-order valence-corrected chi connectivity index (χ4v) is 4.79. The maximum Gasteiger partial charge on any atom is 0.334 e. The quantitative estimate of drug-likeness (QED) is 0.212. The molecule has 0 bridgehead atoms. The Labute approximate surface area is 212 Å². The van der Waals surface area contributed by atoms with Crippen LogP contribution in [0, 0.1) is 5.92 Å². The third kappa shape index (κ3) is 5.84. The average Bonchev–Trinajstić information content (AvgIpc) is 2.80. The molecule has 3 unspecified atom stereocenters. The Hall–Kier alpha value is -3.06. The molecule has 3 aliphatic rings. The van der Waals surface area contributed by atoms with Gasteiger partial charge in [0.15, 0.2) is 5.78 Å². The first-order chi connectivity index (χ1) is 17.0. The van der Waals surface area contributed by atoms with Gasteiger partial charge in [0.25, 0.3) is 0 Å².